The van der Waals surface area contributed by atoms with E-state index >= 15 is 0 Å². The molecule has 1 aliphatic carbocycles. The van der Waals surface area contributed by atoms with E-state index in [0.29, 0.717) is 13.2 Å². The van der Waals surface area contributed by atoms with Crippen molar-refractivity contribution >= 4 is 0 Å². The summed E-state index contributed by atoms with van der Waals surface area (Å²) in [7, 11) is 3.37. The zero-order valence-electron chi connectivity index (χ0n) is 12.8. The van der Waals surface area contributed by atoms with Crippen LogP contribution in [0.4, 0.5) is 0 Å². The van der Waals surface area contributed by atoms with Crippen molar-refractivity contribution in [1.82, 2.24) is 5.01 Å². The molecule has 116 valence electrons. The third-order valence-corrected chi connectivity index (χ3v) is 3.90. The molecule has 1 aromatic carbocycles. The van der Waals surface area contributed by atoms with Crippen LogP contribution in [-0.2, 0) is 11.3 Å². The fourth-order valence-electron chi connectivity index (χ4n) is 2.86. The summed E-state index contributed by atoms with van der Waals surface area (Å²) in [5, 5.41) is 1.76. The predicted molar refractivity (Wildman–Crippen MR) is 83.2 cm³/mol. The molecule has 2 rings (SSSR count). The summed E-state index contributed by atoms with van der Waals surface area (Å²) in [6.07, 6.45) is 3.08. The van der Waals surface area contributed by atoms with E-state index in [9.17, 15) is 0 Å². The molecule has 1 aromatic rings. The number of hydrazine groups is 1. The van der Waals surface area contributed by atoms with Gasteiger partial charge in [-0.15, -0.1) is 0 Å². The Morgan fingerprint density at radius 1 is 1.24 bits per heavy atom. The fourth-order valence-corrected chi connectivity index (χ4v) is 2.86. The molecular weight excluding hydrogens is 266 g/mol. The molecule has 0 amide bonds. The van der Waals surface area contributed by atoms with Crippen LogP contribution in [0.15, 0.2) is 35.7 Å². The van der Waals surface area contributed by atoms with Crippen molar-refractivity contribution in [1.29, 1.82) is 0 Å². The molecule has 1 aliphatic rings. The summed E-state index contributed by atoms with van der Waals surface area (Å²) in [5.41, 5.74) is 9.22. The molecule has 5 nitrogen and oxygen atoms in total. The zero-order chi connectivity index (χ0) is 15.2. The Bertz CT molecular complexity index is 485. The van der Waals surface area contributed by atoms with Gasteiger partial charge in [0, 0.05) is 18.7 Å². The second-order valence-corrected chi connectivity index (χ2v) is 5.43. The van der Waals surface area contributed by atoms with Crippen LogP contribution in [0, 0.1) is 5.92 Å². The number of nitrogens with zero attached hydrogens (tertiary/aromatic N) is 1. The highest BCUT2D eigenvalue weighted by atomic mass is 16.5. The van der Waals surface area contributed by atoms with Crippen LogP contribution in [0.1, 0.15) is 24.8 Å². The summed E-state index contributed by atoms with van der Waals surface area (Å²) in [6, 6.07) is 7.91. The van der Waals surface area contributed by atoms with E-state index in [-0.39, 0.29) is 5.92 Å². The minimum absolute atomic E-state index is 0.284. The lowest BCUT2D eigenvalue weighted by atomic mass is 9.90. The van der Waals surface area contributed by atoms with E-state index in [1.54, 1.807) is 19.2 Å². The predicted octanol–water partition coefficient (Wildman–Crippen LogP) is 1.99. The van der Waals surface area contributed by atoms with Gasteiger partial charge in [0.05, 0.1) is 26.0 Å². The lowest BCUT2D eigenvalue weighted by Gasteiger charge is -2.33. The Kier molecular flexibility index (Phi) is 5.47. The van der Waals surface area contributed by atoms with Gasteiger partial charge in [0.1, 0.15) is 5.75 Å². The van der Waals surface area contributed by atoms with E-state index in [4.69, 9.17) is 21.1 Å². The molecule has 0 aliphatic heterocycles. The Labute approximate surface area is 126 Å². The van der Waals surface area contributed by atoms with E-state index < -0.39 is 0 Å². The van der Waals surface area contributed by atoms with Gasteiger partial charge in [-0.2, -0.15) is 0 Å². The van der Waals surface area contributed by atoms with E-state index in [2.05, 4.69) is 0 Å². The fraction of sp³-hybridized carbons (Fsp3) is 0.500. The maximum Gasteiger partial charge on any atom is 0.118 e. The van der Waals surface area contributed by atoms with Gasteiger partial charge < -0.3 is 20.2 Å². The average Bonchev–Trinajstić information content (AvgIpc) is 2.48. The first-order valence-corrected chi connectivity index (χ1v) is 7.28. The minimum atomic E-state index is 0.284. The number of rotatable bonds is 6. The Balaban J connectivity index is 2.10. The lowest BCUT2D eigenvalue weighted by Crippen LogP contribution is -2.38. The summed E-state index contributed by atoms with van der Waals surface area (Å²) in [6.45, 7) is 1.28. The smallest absolute Gasteiger partial charge is 0.118 e. The summed E-state index contributed by atoms with van der Waals surface area (Å²) < 4.78 is 10.5. The van der Waals surface area contributed by atoms with E-state index in [1.165, 1.54) is 0 Å². The van der Waals surface area contributed by atoms with Gasteiger partial charge in [0.15, 0.2) is 0 Å². The number of allylic oxidation sites excluding steroid dienone is 1. The molecule has 0 heterocycles. The minimum Gasteiger partial charge on any atom is -0.497 e. The zero-order valence-corrected chi connectivity index (χ0v) is 12.8. The molecule has 21 heavy (non-hydrogen) atoms. The topological polar surface area (TPSA) is 73.7 Å². The molecule has 5 heteroatoms. The third kappa shape index (κ3) is 3.89. The highest BCUT2D eigenvalue weighted by Gasteiger charge is 2.25. The van der Waals surface area contributed by atoms with Crippen molar-refractivity contribution in [3.63, 3.8) is 0 Å². The van der Waals surface area contributed by atoms with Gasteiger partial charge in [0.25, 0.3) is 0 Å². The van der Waals surface area contributed by atoms with Gasteiger partial charge in [-0.1, -0.05) is 12.1 Å². The summed E-state index contributed by atoms with van der Waals surface area (Å²) >= 11 is 0. The van der Waals surface area contributed by atoms with Crippen LogP contribution in [0.25, 0.3) is 0 Å². The molecule has 0 saturated carbocycles. The number of hydrogen-bond donors (Lipinski definition) is 2. The third-order valence-electron chi connectivity index (χ3n) is 3.90. The number of hydrogen-bond acceptors (Lipinski definition) is 5. The molecule has 0 saturated heterocycles. The first-order chi connectivity index (χ1) is 10.2. The molecule has 0 spiro atoms. The van der Waals surface area contributed by atoms with E-state index in [1.807, 2.05) is 24.3 Å². The van der Waals surface area contributed by atoms with Crippen molar-refractivity contribution in [3.8, 4) is 5.75 Å². The van der Waals surface area contributed by atoms with Gasteiger partial charge in [0.2, 0.25) is 0 Å². The van der Waals surface area contributed by atoms with Crippen molar-refractivity contribution in [3.05, 3.63) is 41.2 Å². The molecular formula is C16H25N3O2. The Morgan fingerprint density at radius 2 is 1.95 bits per heavy atom. The first-order valence-electron chi connectivity index (χ1n) is 7.28. The van der Waals surface area contributed by atoms with Gasteiger partial charge in [-0.3, -0.25) is 0 Å². The lowest BCUT2D eigenvalue weighted by molar-refractivity contribution is 0.135. The van der Waals surface area contributed by atoms with Crippen molar-refractivity contribution in [2.45, 2.75) is 25.8 Å². The van der Waals surface area contributed by atoms with Gasteiger partial charge in [-0.25, -0.2) is 5.84 Å². The molecule has 1 unspecified atom stereocenters. The molecule has 0 radical (unpaired) electrons. The van der Waals surface area contributed by atoms with Gasteiger partial charge >= 0.3 is 0 Å². The summed E-state index contributed by atoms with van der Waals surface area (Å²) in [5.74, 6) is 7.40. The number of ether oxygens (including phenoxy) is 2. The number of benzene rings is 1. The highest BCUT2D eigenvalue weighted by Crippen LogP contribution is 2.30. The normalized spacial score (nSPS) is 18.7. The van der Waals surface area contributed by atoms with Crippen molar-refractivity contribution < 1.29 is 9.47 Å². The van der Waals surface area contributed by atoms with Crippen LogP contribution in [0.5, 0.6) is 5.75 Å². The molecule has 0 fully saturated rings. The van der Waals surface area contributed by atoms with Crippen LogP contribution in [0.2, 0.25) is 0 Å². The second-order valence-electron chi connectivity index (χ2n) is 5.43. The quantitative estimate of drug-likeness (QED) is 0.619. The van der Waals surface area contributed by atoms with Crippen LogP contribution < -0.4 is 16.3 Å². The van der Waals surface area contributed by atoms with E-state index in [0.717, 1.165) is 42.0 Å². The maximum atomic E-state index is 6.27. The average molecular weight is 291 g/mol. The van der Waals surface area contributed by atoms with Crippen LogP contribution in [-0.4, -0.2) is 25.8 Å². The Hall–Kier alpha value is -1.72. The van der Waals surface area contributed by atoms with Crippen LogP contribution >= 0.6 is 0 Å². The van der Waals surface area contributed by atoms with Crippen LogP contribution in [0.3, 0.4) is 0 Å². The summed E-state index contributed by atoms with van der Waals surface area (Å²) in [4.78, 5) is 0. The molecule has 0 aromatic heterocycles. The maximum absolute atomic E-state index is 6.27. The van der Waals surface area contributed by atoms with Crippen molar-refractivity contribution in [2.75, 3.05) is 20.8 Å². The first kappa shape index (κ1) is 15.7. The SMILES string of the molecule is COCC1CCCC(N)=C1N(N)Cc1ccc(OC)cc1. The molecule has 4 N–H and O–H groups in total. The van der Waals surface area contributed by atoms with Gasteiger partial charge in [-0.05, 0) is 37.0 Å². The number of nitrogens with two attached hydrogens (primary N) is 2. The number of methoxy groups -OCH3 is 2. The van der Waals surface area contributed by atoms with Crippen molar-refractivity contribution in [2.24, 2.45) is 17.5 Å². The highest BCUT2D eigenvalue weighted by molar-refractivity contribution is 5.28. The largest absolute Gasteiger partial charge is 0.497 e. The standard InChI is InChI=1S/C16H25N3O2/c1-20-11-13-4-3-5-15(17)16(13)19(18)10-12-6-8-14(21-2)9-7-12/h6-9,13H,3-5,10-11,17-18H2,1-2H3. The Morgan fingerprint density at radius 3 is 2.57 bits per heavy atom. The monoisotopic (exact) mass is 291 g/mol. The second kappa shape index (κ2) is 7.33. The molecule has 1 atom stereocenters. The molecule has 0 bridgehead atoms.